The third kappa shape index (κ3) is 6.53. The van der Waals surface area contributed by atoms with Crippen LogP contribution in [0.3, 0.4) is 0 Å². The Morgan fingerprint density at radius 1 is 1.23 bits per heavy atom. The largest absolute Gasteiger partial charge is 0.427 e. The highest BCUT2D eigenvalue weighted by Gasteiger charge is 2.20. The molecule has 0 bridgehead atoms. The summed E-state index contributed by atoms with van der Waals surface area (Å²) in [4.78, 5) is 35.0. The summed E-state index contributed by atoms with van der Waals surface area (Å²) in [6, 6.07) is 3.92. The second-order valence-electron chi connectivity index (χ2n) is 6.74. The summed E-state index contributed by atoms with van der Waals surface area (Å²) in [6.45, 7) is 9.16. The highest BCUT2D eigenvalue weighted by Crippen LogP contribution is 2.21. The van der Waals surface area contributed by atoms with Crippen molar-refractivity contribution in [3.8, 4) is 0 Å². The summed E-state index contributed by atoms with van der Waals surface area (Å²) in [5, 5.41) is 7.91. The molecule has 0 spiro atoms. The van der Waals surface area contributed by atoms with Gasteiger partial charge in [-0.2, -0.15) is 0 Å². The average Bonchev–Trinajstić information content (AvgIpc) is 3.21. The molecule has 2 aromatic rings. The quantitative estimate of drug-likeness (QED) is 0.568. The van der Waals surface area contributed by atoms with Crippen molar-refractivity contribution in [2.75, 3.05) is 57.0 Å². The molecule has 1 aliphatic rings. The van der Waals surface area contributed by atoms with Crippen molar-refractivity contribution in [1.82, 2.24) is 25.5 Å². The summed E-state index contributed by atoms with van der Waals surface area (Å²) >= 11 is 0. The molecule has 0 aliphatic carbocycles. The maximum atomic E-state index is 11.7. The van der Waals surface area contributed by atoms with Crippen LogP contribution in [0.15, 0.2) is 22.7 Å². The summed E-state index contributed by atoms with van der Waals surface area (Å²) in [5.41, 5.74) is 2.33. The third-order valence-electron chi connectivity index (χ3n) is 4.70. The third-order valence-corrected chi connectivity index (χ3v) is 4.70. The zero-order valence-corrected chi connectivity index (χ0v) is 18.1. The van der Waals surface area contributed by atoms with Gasteiger partial charge in [0, 0.05) is 33.2 Å². The van der Waals surface area contributed by atoms with Crippen LogP contribution in [0.25, 0.3) is 0 Å². The lowest BCUT2D eigenvalue weighted by Crippen LogP contribution is -2.46. The molecule has 164 valence electrons. The number of hydrogen-bond acceptors (Lipinski definition) is 8. The van der Waals surface area contributed by atoms with Crippen LogP contribution in [0, 0.1) is 6.92 Å². The molecular formula is C20H31N7O3. The summed E-state index contributed by atoms with van der Waals surface area (Å²) in [7, 11) is 3.53. The molecule has 3 rings (SSSR count). The smallest absolute Gasteiger partial charge is 0.301 e. The van der Waals surface area contributed by atoms with E-state index in [0.29, 0.717) is 18.6 Å². The number of oxazole rings is 1. The van der Waals surface area contributed by atoms with Gasteiger partial charge in [0.25, 0.3) is 5.91 Å². The zero-order chi connectivity index (χ0) is 21.9. The lowest BCUT2D eigenvalue weighted by atomic mass is 10.2. The summed E-state index contributed by atoms with van der Waals surface area (Å²) in [5.74, 6) is 0.538. The van der Waals surface area contributed by atoms with Gasteiger partial charge < -0.3 is 20.0 Å². The van der Waals surface area contributed by atoms with Gasteiger partial charge >= 0.3 is 6.01 Å². The van der Waals surface area contributed by atoms with E-state index in [1.54, 1.807) is 19.3 Å². The Hall–Kier alpha value is -2.98. The van der Waals surface area contributed by atoms with E-state index in [0.717, 1.165) is 49.9 Å². The van der Waals surface area contributed by atoms with Gasteiger partial charge in [-0.3, -0.25) is 19.8 Å². The van der Waals surface area contributed by atoms with Gasteiger partial charge in [0.2, 0.25) is 6.41 Å². The fourth-order valence-electron chi connectivity index (χ4n) is 3.01. The number of pyridine rings is 1. The van der Waals surface area contributed by atoms with Crippen molar-refractivity contribution >= 4 is 24.0 Å². The van der Waals surface area contributed by atoms with Gasteiger partial charge in [0.1, 0.15) is 11.5 Å². The Bertz CT molecular complexity index is 814. The number of piperazine rings is 1. The first-order chi connectivity index (χ1) is 14.5. The molecule has 0 atom stereocenters. The van der Waals surface area contributed by atoms with E-state index < -0.39 is 0 Å². The van der Waals surface area contributed by atoms with Crippen LogP contribution in [0.1, 0.15) is 28.9 Å². The summed E-state index contributed by atoms with van der Waals surface area (Å²) in [6.07, 6.45) is 2.17. The summed E-state index contributed by atoms with van der Waals surface area (Å²) < 4.78 is 5.45. The van der Waals surface area contributed by atoms with Crippen LogP contribution < -0.4 is 20.9 Å². The molecule has 1 fully saturated rings. The number of anilines is 2. The molecule has 2 aromatic heterocycles. The maximum absolute atomic E-state index is 11.7. The molecule has 1 aliphatic heterocycles. The Kier molecular flexibility index (Phi) is 9.23. The molecule has 30 heavy (non-hydrogen) atoms. The van der Waals surface area contributed by atoms with Crippen LogP contribution >= 0.6 is 0 Å². The van der Waals surface area contributed by atoms with Crippen LogP contribution in [0.2, 0.25) is 0 Å². The van der Waals surface area contributed by atoms with Gasteiger partial charge in [-0.1, -0.05) is 6.92 Å². The minimum atomic E-state index is -0.181. The van der Waals surface area contributed by atoms with Crippen molar-refractivity contribution in [3.05, 3.63) is 35.5 Å². The molecule has 0 saturated carbocycles. The molecule has 10 heteroatoms. The van der Waals surface area contributed by atoms with E-state index in [9.17, 15) is 9.59 Å². The van der Waals surface area contributed by atoms with E-state index in [2.05, 4.69) is 42.6 Å². The Morgan fingerprint density at radius 3 is 2.50 bits per heavy atom. The van der Waals surface area contributed by atoms with E-state index in [1.807, 2.05) is 20.0 Å². The molecular weight excluding hydrogens is 386 g/mol. The number of aromatic nitrogens is 2. The number of hydrogen-bond donors (Lipinski definition) is 3. The van der Waals surface area contributed by atoms with E-state index in [1.165, 1.54) is 0 Å². The molecule has 3 heterocycles. The van der Waals surface area contributed by atoms with Gasteiger partial charge in [0.15, 0.2) is 0 Å². The molecule has 0 unspecified atom stereocenters. The number of carbonyl (C=O) groups is 2. The first kappa shape index (κ1) is 23.3. The highest BCUT2D eigenvalue weighted by atomic mass is 16.4. The average molecular weight is 418 g/mol. The molecule has 10 nitrogen and oxygen atoms in total. The van der Waals surface area contributed by atoms with E-state index in [4.69, 9.17) is 4.42 Å². The van der Waals surface area contributed by atoms with E-state index >= 15 is 0 Å². The molecule has 3 N–H and O–H groups in total. The molecule has 1 saturated heterocycles. The number of carbonyl (C=O) groups excluding carboxylic acids is 2. The first-order valence-electron chi connectivity index (χ1n) is 9.98. The van der Waals surface area contributed by atoms with Gasteiger partial charge in [-0.05, 0) is 32.6 Å². The highest BCUT2D eigenvalue weighted by molar-refractivity contribution is 5.92. The second-order valence-corrected chi connectivity index (χ2v) is 6.74. The van der Waals surface area contributed by atoms with Crippen molar-refractivity contribution in [3.63, 3.8) is 0 Å². The van der Waals surface area contributed by atoms with Crippen molar-refractivity contribution in [2.45, 2.75) is 20.4 Å². The van der Waals surface area contributed by atoms with Crippen LogP contribution in [-0.4, -0.2) is 74.0 Å². The lowest BCUT2D eigenvalue weighted by Gasteiger charge is -2.36. The van der Waals surface area contributed by atoms with E-state index in [-0.39, 0.29) is 11.9 Å². The SMILES string of the molecule is CCNC.CNC(=O)c1ccc(N2CCN(Cc3cnc(NC=O)o3)CC2)c(C)n1. The fraction of sp³-hybridized carbons (Fsp3) is 0.500. The second kappa shape index (κ2) is 11.9. The number of amides is 2. The number of rotatable bonds is 7. The van der Waals surface area contributed by atoms with Crippen LogP contribution in [0.5, 0.6) is 0 Å². The van der Waals surface area contributed by atoms with Crippen molar-refractivity contribution in [2.24, 2.45) is 0 Å². The number of nitrogens with one attached hydrogen (secondary N) is 3. The standard InChI is InChI=1S/C17H22N6O3.C3H9N/c1-12-15(4-3-14(21-12)16(25)18-2)23-7-5-22(6-8-23)10-13-9-19-17(26-13)20-11-24;1-3-4-2/h3-4,9,11H,5-8,10H2,1-2H3,(H,18,25)(H,19,20,24);4H,3H2,1-2H3. The fourth-order valence-corrected chi connectivity index (χ4v) is 3.01. The first-order valence-corrected chi connectivity index (χ1v) is 9.98. The Balaban J connectivity index is 0.000000735. The van der Waals surface area contributed by atoms with Gasteiger partial charge in [-0.15, -0.1) is 0 Å². The predicted octanol–water partition coefficient (Wildman–Crippen LogP) is 0.854. The monoisotopic (exact) mass is 417 g/mol. The molecule has 0 aromatic carbocycles. The van der Waals surface area contributed by atoms with Gasteiger partial charge in [-0.25, -0.2) is 9.97 Å². The minimum absolute atomic E-state index is 0.181. The van der Waals surface area contributed by atoms with Gasteiger partial charge in [0.05, 0.1) is 24.1 Å². The van der Waals surface area contributed by atoms with Crippen LogP contribution in [-0.2, 0) is 11.3 Å². The normalized spacial score (nSPS) is 13.9. The Labute approximate surface area is 177 Å². The van der Waals surface area contributed by atoms with Crippen molar-refractivity contribution in [1.29, 1.82) is 0 Å². The number of aryl methyl sites for hydroxylation is 1. The Morgan fingerprint density at radius 2 is 1.93 bits per heavy atom. The number of nitrogens with zero attached hydrogens (tertiary/aromatic N) is 4. The lowest BCUT2D eigenvalue weighted by molar-refractivity contribution is -0.105. The maximum Gasteiger partial charge on any atom is 0.301 e. The topological polar surface area (TPSA) is 116 Å². The minimum Gasteiger partial charge on any atom is -0.427 e. The zero-order valence-electron chi connectivity index (χ0n) is 18.1. The predicted molar refractivity (Wildman–Crippen MR) is 116 cm³/mol. The molecule has 0 radical (unpaired) electrons. The molecule has 2 amide bonds. The van der Waals surface area contributed by atoms with Crippen LogP contribution in [0.4, 0.5) is 11.7 Å². The van der Waals surface area contributed by atoms with Crippen molar-refractivity contribution < 1.29 is 14.0 Å².